The van der Waals surface area contributed by atoms with Crippen LogP contribution in [0.4, 0.5) is 0 Å². The van der Waals surface area contributed by atoms with Gasteiger partial charge in [-0.3, -0.25) is 16.3 Å². The van der Waals surface area contributed by atoms with Crippen molar-refractivity contribution in [3.8, 4) is 5.75 Å². The summed E-state index contributed by atoms with van der Waals surface area (Å²) in [5.41, 5.74) is 4.04. The van der Waals surface area contributed by atoms with Crippen LogP contribution in [0.2, 0.25) is 0 Å². The summed E-state index contributed by atoms with van der Waals surface area (Å²) in [6.07, 6.45) is 11.4. The van der Waals surface area contributed by atoms with Crippen molar-refractivity contribution in [1.82, 2.24) is 10.4 Å². The Labute approximate surface area is 109 Å². The van der Waals surface area contributed by atoms with E-state index in [4.69, 9.17) is 10.6 Å². The first-order chi connectivity index (χ1) is 8.85. The summed E-state index contributed by atoms with van der Waals surface area (Å²) in [5.74, 6) is 7.31. The smallest absolute Gasteiger partial charge is 0.141 e. The zero-order valence-corrected chi connectivity index (χ0v) is 11.1. The lowest BCUT2D eigenvalue weighted by Gasteiger charge is -2.27. The highest BCUT2D eigenvalue weighted by molar-refractivity contribution is 5.32. The van der Waals surface area contributed by atoms with Crippen LogP contribution in [0, 0.1) is 5.92 Å². The predicted molar refractivity (Wildman–Crippen MR) is 72.0 cm³/mol. The molecule has 18 heavy (non-hydrogen) atoms. The molecule has 4 nitrogen and oxygen atoms in total. The fourth-order valence-corrected chi connectivity index (χ4v) is 2.89. The van der Waals surface area contributed by atoms with Crippen LogP contribution < -0.4 is 16.0 Å². The second-order valence-electron chi connectivity index (χ2n) is 5.08. The molecular weight excluding hydrogens is 226 g/mol. The number of rotatable bonds is 5. The van der Waals surface area contributed by atoms with Crippen molar-refractivity contribution < 1.29 is 4.74 Å². The molecule has 4 heteroatoms. The van der Waals surface area contributed by atoms with Crippen LogP contribution >= 0.6 is 0 Å². The number of hydrazine groups is 1. The Morgan fingerprint density at radius 3 is 2.89 bits per heavy atom. The predicted octanol–water partition coefficient (Wildman–Crippen LogP) is 2.56. The largest absolute Gasteiger partial charge is 0.495 e. The summed E-state index contributed by atoms with van der Waals surface area (Å²) in [4.78, 5) is 4.09. The van der Waals surface area contributed by atoms with Crippen molar-refractivity contribution in [2.24, 2.45) is 11.8 Å². The molecule has 1 saturated carbocycles. The first kappa shape index (κ1) is 13.3. The molecule has 1 unspecified atom stereocenters. The minimum Gasteiger partial charge on any atom is -0.495 e. The van der Waals surface area contributed by atoms with Crippen LogP contribution in [0.1, 0.15) is 50.1 Å². The van der Waals surface area contributed by atoms with E-state index in [9.17, 15) is 0 Å². The fraction of sp³-hybridized carbons (Fsp3) is 0.643. The Morgan fingerprint density at radius 1 is 1.44 bits per heavy atom. The summed E-state index contributed by atoms with van der Waals surface area (Å²) < 4.78 is 5.36. The van der Waals surface area contributed by atoms with Crippen molar-refractivity contribution >= 4 is 0 Å². The van der Waals surface area contributed by atoms with Gasteiger partial charge in [-0.1, -0.05) is 32.1 Å². The van der Waals surface area contributed by atoms with Gasteiger partial charge in [0.2, 0.25) is 0 Å². The third-order valence-electron chi connectivity index (χ3n) is 3.91. The topological polar surface area (TPSA) is 60.2 Å². The van der Waals surface area contributed by atoms with Crippen LogP contribution in [0.5, 0.6) is 5.75 Å². The lowest BCUT2D eigenvalue weighted by atomic mass is 9.83. The van der Waals surface area contributed by atoms with Gasteiger partial charge in [-0.05, 0) is 18.4 Å². The Hall–Kier alpha value is -1.13. The van der Waals surface area contributed by atoms with E-state index >= 15 is 0 Å². The number of nitrogens with two attached hydrogens (primary N) is 1. The van der Waals surface area contributed by atoms with Crippen LogP contribution in [0.25, 0.3) is 0 Å². The quantitative estimate of drug-likeness (QED) is 0.622. The summed E-state index contributed by atoms with van der Waals surface area (Å²) in [6, 6.07) is 2.15. The molecule has 0 aliphatic heterocycles. The van der Waals surface area contributed by atoms with E-state index in [1.807, 2.05) is 6.07 Å². The number of methoxy groups -OCH3 is 1. The molecule has 0 spiro atoms. The molecule has 1 atom stereocenters. The van der Waals surface area contributed by atoms with Crippen molar-refractivity contribution in [3.63, 3.8) is 0 Å². The van der Waals surface area contributed by atoms with Gasteiger partial charge in [-0.25, -0.2) is 0 Å². The number of aromatic nitrogens is 1. The summed E-state index contributed by atoms with van der Waals surface area (Å²) >= 11 is 0. The number of hydrogen-bond donors (Lipinski definition) is 2. The van der Waals surface area contributed by atoms with Gasteiger partial charge < -0.3 is 4.74 Å². The molecule has 1 heterocycles. The molecular formula is C14H23N3O. The highest BCUT2D eigenvalue weighted by Gasteiger charge is 2.21. The van der Waals surface area contributed by atoms with Gasteiger partial charge in [0, 0.05) is 17.8 Å². The number of ether oxygens (including phenoxy) is 1. The number of pyridine rings is 1. The molecule has 1 aliphatic carbocycles. The van der Waals surface area contributed by atoms with E-state index in [2.05, 4.69) is 10.4 Å². The zero-order chi connectivity index (χ0) is 12.8. The van der Waals surface area contributed by atoms with Crippen LogP contribution in [0.15, 0.2) is 18.5 Å². The molecule has 1 aromatic rings. The fourth-order valence-electron chi connectivity index (χ4n) is 2.89. The maximum absolute atomic E-state index is 5.72. The average molecular weight is 249 g/mol. The first-order valence-corrected chi connectivity index (χ1v) is 6.79. The first-order valence-electron chi connectivity index (χ1n) is 6.79. The SMILES string of the molecule is COc1cnccc1C(CC1CCCCC1)NN. The molecule has 0 saturated heterocycles. The van der Waals surface area contributed by atoms with Crippen molar-refractivity contribution in [1.29, 1.82) is 0 Å². The van der Waals surface area contributed by atoms with Gasteiger partial charge >= 0.3 is 0 Å². The minimum atomic E-state index is 0.158. The van der Waals surface area contributed by atoms with Crippen molar-refractivity contribution in [3.05, 3.63) is 24.0 Å². The normalized spacial score (nSPS) is 18.6. The van der Waals surface area contributed by atoms with Gasteiger partial charge in [-0.2, -0.15) is 0 Å². The highest BCUT2D eigenvalue weighted by Crippen LogP contribution is 2.34. The van der Waals surface area contributed by atoms with E-state index in [1.54, 1.807) is 19.5 Å². The van der Waals surface area contributed by atoms with Gasteiger partial charge in [0.05, 0.1) is 13.3 Å². The lowest BCUT2D eigenvalue weighted by molar-refractivity contribution is 0.296. The van der Waals surface area contributed by atoms with Gasteiger partial charge in [-0.15, -0.1) is 0 Å². The molecule has 2 rings (SSSR count). The van der Waals surface area contributed by atoms with Gasteiger partial charge in [0.25, 0.3) is 0 Å². The lowest BCUT2D eigenvalue weighted by Crippen LogP contribution is -2.30. The zero-order valence-electron chi connectivity index (χ0n) is 11.1. The minimum absolute atomic E-state index is 0.158. The second kappa shape index (κ2) is 6.71. The second-order valence-corrected chi connectivity index (χ2v) is 5.08. The number of hydrogen-bond acceptors (Lipinski definition) is 4. The van der Waals surface area contributed by atoms with Gasteiger partial charge in [0.1, 0.15) is 5.75 Å². The maximum Gasteiger partial charge on any atom is 0.141 e. The Morgan fingerprint density at radius 2 is 2.22 bits per heavy atom. The molecule has 0 amide bonds. The molecule has 1 aliphatic rings. The van der Waals surface area contributed by atoms with Crippen molar-refractivity contribution in [2.45, 2.75) is 44.6 Å². The summed E-state index contributed by atoms with van der Waals surface area (Å²) in [6.45, 7) is 0. The molecule has 1 aromatic heterocycles. The van der Waals surface area contributed by atoms with Crippen LogP contribution in [-0.2, 0) is 0 Å². The molecule has 100 valence electrons. The monoisotopic (exact) mass is 249 g/mol. The van der Waals surface area contributed by atoms with Crippen LogP contribution in [0.3, 0.4) is 0 Å². The van der Waals surface area contributed by atoms with E-state index < -0.39 is 0 Å². The molecule has 0 radical (unpaired) electrons. The summed E-state index contributed by atoms with van der Waals surface area (Å²) in [7, 11) is 1.68. The number of nitrogens with one attached hydrogen (secondary N) is 1. The molecule has 0 bridgehead atoms. The van der Waals surface area contributed by atoms with E-state index in [0.29, 0.717) is 0 Å². The highest BCUT2D eigenvalue weighted by atomic mass is 16.5. The van der Waals surface area contributed by atoms with Crippen LogP contribution in [-0.4, -0.2) is 12.1 Å². The third kappa shape index (κ3) is 3.21. The van der Waals surface area contributed by atoms with Crippen molar-refractivity contribution in [2.75, 3.05) is 7.11 Å². The van der Waals surface area contributed by atoms with Gasteiger partial charge in [0.15, 0.2) is 0 Å². The van der Waals surface area contributed by atoms with E-state index in [1.165, 1.54) is 32.1 Å². The average Bonchev–Trinajstić information content (AvgIpc) is 2.46. The molecule has 0 aromatic carbocycles. The number of nitrogens with zero attached hydrogens (tertiary/aromatic N) is 1. The third-order valence-corrected chi connectivity index (χ3v) is 3.91. The maximum atomic E-state index is 5.72. The Kier molecular flexibility index (Phi) is 4.96. The molecule has 1 fully saturated rings. The van der Waals surface area contributed by atoms with E-state index in [0.717, 1.165) is 23.7 Å². The van der Waals surface area contributed by atoms with E-state index in [-0.39, 0.29) is 6.04 Å². The Bertz CT molecular complexity index is 364. The summed E-state index contributed by atoms with van der Waals surface area (Å²) in [5, 5.41) is 0. The molecule has 3 N–H and O–H groups in total. The Balaban J connectivity index is 2.07. The standard InChI is InChI=1S/C14H23N3O/c1-18-14-10-16-8-7-12(14)13(17-15)9-11-5-3-2-4-6-11/h7-8,10-11,13,17H,2-6,9,15H2,1H3.